The second-order valence-corrected chi connectivity index (χ2v) is 6.03. The van der Waals surface area contributed by atoms with Crippen LogP contribution in [0.1, 0.15) is 23.9 Å². The maximum Gasteiger partial charge on any atom is 0.131 e. The number of ether oxygens (including phenoxy) is 1. The molecule has 0 fully saturated rings. The van der Waals surface area contributed by atoms with Crippen LogP contribution < -0.4 is 10.1 Å². The van der Waals surface area contributed by atoms with Crippen molar-refractivity contribution in [3.63, 3.8) is 0 Å². The highest BCUT2D eigenvalue weighted by Crippen LogP contribution is 2.26. The van der Waals surface area contributed by atoms with Gasteiger partial charge in [-0.2, -0.15) is 5.10 Å². The molecule has 1 aromatic heterocycles. The summed E-state index contributed by atoms with van der Waals surface area (Å²) in [5.74, 6) is 0.852. The van der Waals surface area contributed by atoms with E-state index in [0.29, 0.717) is 11.6 Å². The lowest BCUT2D eigenvalue weighted by molar-refractivity contribution is 0.289. The SMILES string of the molecule is CCn1nc(C)c(Cl)c1COc1ccc(Br)cc1CNC. The van der Waals surface area contributed by atoms with Crippen molar-refractivity contribution in [3.8, 4) is 5.75 Å². The van der Waals surface area contributed by atoms with E-state index in [-0.39, 0.29) is 0 Å². The molecule has 0 bridgehead atoms. The Labute approximate surface area is 138 Å². The summed E-state index contributed by atoms with van der Waals surface area (Å²) in [6, 6.07) is 5.98. The molecule has 0 atom stereocenters. The quantitative estimate of drug-likeness (QED) is 0.835. The molecule has 1 N–H and O–H groups in total. The van der Waals surface area contributed by atoms with Crippen LogP contribution in [-0.4, -0.2) is 16.8 Å². The summed E-state index contributed by atoms with van der Waals surface area (Å²) in [5.41, 5.74) is 2.85. The van der Waals surface area contributed by atoms with E-state index in [1.807, 2.05) is 37.7 Å². The van der Waals surface area contributed by atoms with Gasteiger partial charge in [0.25, 0.3) is 0 Å². The van der Waals surface area contributed by atoms with Gasteiger partial charge in [0.2, 0.25) is 0 Å². The average Bonchev–Trinajstić information content (AvgIpc) is 2.74. The second kappa shape index (κ2) is 7.29. The van der Waals surface area contributed by atoms with E-state index in [2.05, 4.69) is 32.4 Å². The Morgan fingerprint density at radius 2 is 2.19 bits per heavy atom. The Morgan fingerprint density at radius 3 is 2.86 bits per heavy atom. The molecule has 0 aliphatic rings. The summed E-state index contributed by atoms with van der Waals surface area (Å²) in [4.78, 5) is 0. The van der Waals surface area contributed by atoms with Gasteiger partial charge in [-0.05, 0) is 39.1 Å². The van der Waals surface area contributed by atoms with Crippen LogP contribution in [0.4, 0.5) is 0 Å². The van der Waals surface area contributed by atoms with Gasteiger partial charge in [-0.3, -0.25) is 4.68 Å². The van der Waals surface area contributed by atoms with E-state index >= 15 is 0 Å². The minimum Gasteiger partial charge on any atom is -0.487 e. The van der Waals surface area contributed by atoms with Crippen molar-refractivity contribution in [2.75, 3.05) is 7.05 Å². The fraction of sp³-hybridized carbons (Fsp3) is 0.400. The normalized spacial score (nSPS) is 10.9. The van der Waals surface area contributed by atoms with E-state index in [0.717, 1.165) is 40.3 Å². The summed E-state index contributed by atoms with van der Waals surface area (Å²) in [7, 11) is 1.91. The summed E-state index contributed by atoms with van der Waals surface area (Å²) in [6.07, 6.45) is 0. The van der Waals surface area contributed by atoms with Gasteiger partial charge in [0.1, 0.15) is 12.4 Å². The fourth-order valence-corrected chi connectivity index (χ4v) is 2.77. The van der Waals surface area contributed by atoms with E-state index < -0.39 is 0 Å². The number of aromatic nitrogens is 2. The third-order valence-corrected chi connectivity index (χ3v) is 4.19. The minimum atomic E-state index is 0.409. The van der Waals surface area contributed by atoms with Gasteiger partial charge in [0, 0.05) is 23.1 Å². The van der Waals surface area contributed by atoms with Gasteiger partial charge in [-0.25, -0.2) is 0 Å². The highest BCUT2D eigenvalue weighted by Gasteiger charge is 2.14. The molecule has 4 nitrogen and oxygen atoms in total. The van der Waals surface area contributed by atoms with Crippen molar-refractivity contribution in [1.82, 2.24) is 15.1 Å². The van der Waals surface area contributed by atoms with Crippen LogP contribution in [-0.2, 0) is 19.7 Å². The maximum atomic E-state index is 6.30. The van der Waals surface area contributed by atoms with Crippen LogP contribution in [0.15, 0.2) is 22.7 Å². The van der Waals surface area contributed by atoms with Gasteiger partial charge in [-0.15, -0.1) is 0 Å². The first kappa shape index (κ1) is 16.3. The highest BCUT2D eigenvalue weighted by atomic mass is 79.9. The second-order valence-electron chi connectivity index (χ2n) is 4.73. The average molecular weight is 373 g/mol. The Morgan fingerprint density at radius 1 is 1.43 bits per heavy atom. The molecule has 114 valence electrons. The first-order valence-electron chi connectivity index (χ1n) is 6.84. The predicted octanol–water partition coefficient (Wildman–Crippen LogP) is 3.93. The number of hydrogen-bond donors (Lipinski definition) is 1. The summed E-state index contributed by atoms with van der Waals surface area (Å²) in [6.45, 7) is 5.87. The summed E-state index contributed by atoms with van der Waals surface area (Å²) < 4.78 is 8.88. The molecule has 1 aromatic carbocycles. The molecule has 21 heavy (non-hydrogen) atoms. The number of aryl methyl sites for hydroxylation is 2. The third kappa shape index (κ3) is 3.78. The highest BCUT2D eigenvalue weighted by molar-refractivity contribution is 9.10. The largest absolute Gasteiger partial charge is 0.487 e. The van der Waals surface area contributed by atoms with Crippen LogP contribution >= 0.6 is 27.5 Å². The Kier molecular flexibility index (Phi) is 5.67. The van der Waals surface area contributed by atoms with Crippen molar-refractivity contribution >= 4 is 27.5 Å². The number of halogens is 2. The first-order chi connectivity index (χ1) is 10.1. The minimum absolute atomic E-state index is 0.409. The maximum absolute atomic E-state index is 6.30. The molecule has 0 unspecified atom stereocenters. The lowest BCUT2D eigenvalue weighted by atomic mass is 10.2. The molecule has 0 saturated heterocycles. The zero-order valence-corrected chi connectivity index (χ0v) is 14.8. The molecule has 0 aliphatic heterocycles. The molecule has 2 rings (SSSR count). The van der Waals surface area contributed by atoms with E-state index in [9.17, 15) is 0 Å². The molecule has 0 saturated carbocycles. The Hall–Kier alpha value is -1.04. The van der Waals surface area contributed by atoms with Crippen LogP contribution in [0.5, 0.6) is 5.75 Å². The van der Waals surface area contributed by atoms with E-state index in [1.54, 1.807) is 0 Å². The zero-order valence-electron chi connectivity index (χ0n) is 12.4. The lowest BCUT2D eigenvalue weighted by Crippen LogP contribution is -2.10. The number of benzene rings is 1. The molecule has 0 aliphatic carbocycles. The van der Waals surface area contributed by atoms with Crippen LogP contribution in [0.25, 0.3) is 0 Å². The topological polar surface area (TPSA) is 39.1 Å². The van der Waals surface area contributed by atoms with Gasteiger partial charge < -0.3 is 10.1 Å². The van der Waals surface area contributed by atoms with Gasteiger partial charge in [0.15, 0.2) is 0 Å². The zero-order chi connectivity index (χ0) is 15.4. The summed E-state index contributed by atoms with van der Waals surface area (Å²) in [5, 5.41) is 8.23. The smallest absolute Gasteiger partial charge is 0.131 e. The molecule has 1 heterocycles. The van der Waals surface area contributed by atoms with Crippen molar-refractivity contribution in [2.24, 2.45) is 0 Å². The van der Waals surface area contributed by atoms with Crippen molar-refractivity contribution in [3.05, 3.63) is 44.6 Å². The van der Waals surface area contributed by atoms with Crippen LogP contribution in [0.3, 0.4) is 0 Å². The van der Waals surface area contributed by atoms with Crippen molar-refractivity contribution in [2.45, 2.75) is 33.5 Å². The predicted molar refractivity (Wildman–Crippen MR) is 88.9 cm³/mol. The molecule has 2 aromatic rings. The molecular weight excluding hydrogens is 354 g/mol. The van der Waals surface area contributed by atoms with Gasteiger partial charge >= 0.3 is 0 Å². The lowest BCUT2D eigenvalue weighted by Gasteiger charge is -2.13. The molecule has 0 spiro atoms. The fourth-order valence-electron chi connectivity index (χ4n) is 2.17. The number of nitrogens with zero attached hydrogens (tertiary/aromatic N) is 2. The number of rotatable bonds is 6. The van der Waals surface area contributed by atoms with Crippen LogP contribution in [0, 0.1) is 6.92 Å². The molecule has 0 amide bonds. The summed E-state index contributed by atoms with van der Waals surface area (Å²) >= 11 is 9.78. The third-order valence-electron chi connectivity index (χ3n) is 3.21. The molecular formula is C15H19BrClN3O. The van der Waals surface area contributed by atoms with E-state index in [1.165, 1.54) is 0 Å². The molecule has 6 heteroatoms. The van der Waals surface area contributed by atoms with Crippen molar-refractivity contribution in [1.29, 1.82) is 0 Å². The monoisotopic (exact) mass is 371 g/mol. The van der Waals surface area contributed by atoms with Crippen molar-refractivity contribution < 1.29 is 4.74 Å². The van der Waals surface area contributed by atoms with E-state index in [4.69, 9.17) is 16.3 Å². The first-order valence-corrected chi connectivity index (χ1v) is 8.01. The van der Waals surface area contributed by atoms with Crippen LogP contribution in [0.2, 0.25) is 5.02 Å². The number of nitrogens with one attached hydrogen (secondary N) is 1. The molecule has 0 radical (unpaired) electrons. The Balaban J connectivity index is 2.20. The standard InChI is InChI=1S/C15H19BrClN3O/c1-4-20-13(15(17)10(2)19-20)9-21-14-6-5-12(16)7-11(14)8-18-3/h5-7,18H,4,8-9H2,1-3H3. The Bertz CT molecular complexity index is 628. The van der Waals surface area contributed by atoms with Gasteiger partial charge in [-0.1, -0.05) is 27.5 Å². The number of hydrogen-bond acceptors (Lipinski definition) is 3. The van der Waals surface area contributed by atoms with Gasteiger partial charge in [0.05, 0.1) is 16.4 Å².